The van der Waals surface area contributed by atoms with Crippen LogP contribution in [0.3, 0.4) is 0 Å². The second kappa shape index (κ2) is 9.87. The Morgan fingerprint density at radius 3 is 2.82 bits per heavy atom. The van der Waals surface area contributed by atoms with Gasteiger partial charge < -0.3 is 0 Å². The molecule has 0 saturated heterocycles. The fraction of sp³-hybridized carbons (Fsp3) is 0.269. The number of nitrogens with zero attached hydrogens (tertiary/aromatic N) is 3. The quantitative estimate of drug-likeness (QED) is 0.157. The minimum absolute atomic E-state index is 0.0298. The summed E-state index contributed by atoms with van der Waals surface area (Å²) in [7, 11) is 1.40. The molecule has 0 aliphatic rings. The SMILES string of the molecule is CCCCCn1c(-c2cccc3nc(NCc4ccco4)[se]c23)nc2cc(C(=O)OC)ccc21. The van der Waals surface area contributed by atoms with E-state index in [4.69, 9.17) is 19.1 Å². The molecule has 1 N–H and O–H groups in total. The topological polar surface area (TPSA) is 82.2 Å². The number of aryl methyl sites for hydroxylation is 1. The fourth-order valence-corrected chi connectivity index (χ4v) is 6.14. The summed E-state index contributed by atoms with van der Waals surface area (Å²) in [4.78, 5) is 21.9. The van der Waals surface area contributed by atoms with Crippen molar-refractivity contribution in [2.24, 2.45) is 0 Å². The van der Waals surface area contributed by atoms with Crippen LogP contribution in [0.5, 0.6) is 0 Å². The fourth-order valence-electron chi connectivity index (χ4n) is 4.10. The van der Waals surface area contributed by atoms with E-state index in [1.54, 1.807) is 6.26 Å². The van der Waals surface area contributed by atoms with Gasteiger partial charge in [0, 0.05) is 0 Å². The average molecular weight is 521 g/mol. The number of carbonyl (C=O) groups is 1. The van der Waals surface area contributed by atoms with E-state index in [1.165, 1.54) is 11.4 Å². The molecule has 3 aromatic heterocycles. The van der Waals surface area contributed by atoms with Gasteiger partial charge in [0.2, 0.25) is 0 Å². The van der Waals surface area contributed by atoms with Crippen molar-refractivity contribution in [2.75, 3.05) is 12.4 Å². The van der Waals surface area contributed by atoms with Crippen molar-refractivity contribution < 1.29 is 13.9 Å². The van der Waals surface area contributed by atoms with Gasteiger partial charge in [0.1, 0.15) is 0 Å². The number of unbranched alkanes of at least 4 members (excludes halogenated alkanes) is 2. The number of fused-ring (bicyclic) bond motifs is 2. The summed E-state index contributed by atoms with van der Waals surface area (Å²) in [5.41, 5.74) is 4.42. The third-order valence-electron chi connectivity index (χ3n) is 5.80. The van der Waals surface area contributed by atoms with E-state index in [0.29, 0.717) is 12.1 Å². The monoisotopic (exact) mass is 522 g/mol. The van der Waals surface area contributed by atoms with Crippen molar-refractivity contribution in [2.45, 2.75) is 39.3 Å². The predicted molar refractivity (Wildman–Crippen MR) is 134 cm³/mol. The van der Waals surface area contributed by atoms with Crippen LogP contribution in [0.2, 0.25) is 0 Å². The molecule has 7 nitrogen and oxygen atoms in total. The van der Waals surface area contributed by atoms with Gasteiger partial charge in [-0.2, -0.15) is 0 Å². The molecule has 34 heavy (non-hydrogen) atoms. The Morgan fingerprint density at radius 2 is 2.03 bits per heavy atom. The molecule has 5 rings (SSSR count). The number of aromatic nitrogens is 3. The van der Waals surface area contributed by atoms with Crippen molar-refractivity contribution >= 4 is 46.0 Å². The normalized spacial score (nSPS) is 11.4. The average Bonchev–Trinajstić information content (AvgIpc) is 3.60. The van der Waals surface area contributed by atoms with Crippen LogP contribution in [-0.4, -0.2) is 42.1 Å². The van der Waals surface area contributed by atoms with Crippen LogP contribution in [-0.2, 0) is 17.8 Å². The molecule has 5 aromatic rings. The molecule has 0 aliphatic carbocycles. The Labute approximate surface area is 203 Å². The van der Waals surface area contributed by atoms with E-state index in [2.05, 4.69) is 28.9 Å². The van der Waals surface area contributed by atoms with E-state index >= 15 is 0 Å². The predicted octanol–water partition coefficient (Wildman–Crippen LogP) is 5.49. The first-order chi connectivity index (χ1) is 16.7. The number of methoxy groups -OCH3 is 1. The summed E-state index contributed by atoms with van der Waals surface area (Å²) in [5, 5.41) is 3.42. The molecule has 0 amide bonds. The number of anilines is 1. The van der Waals surface area contributed by atoms with E-state index in [-0.39, 0.29) is 20.5 Å². The number of esters is 1. The van der Waals surface area contributed by atoms with Gasteiger partial charge in [0.15, 0.2) is 0 Å². The maximum absolute atomic E-state index is 12.1. The zero-order valence-corrected chi connectivity index (χ0v) is 20.9. The molecule has 3 heterocycles. The Hall–Kier alpha value is -3.35. The molecule has 0 atom stereocenters. The first-order valence-electron chi connectivity index (χ1n) is 11.4. The van der Waals surface area contributed by atoms with Crippen LogP contribution in [0.15, 0.2) is 59.2 Å². The number of furan rings is 1. The third-order valence-corrected chi connectivity index (χ3v) is 8.03. The Bertz CT molecular complexity index is 1440. The molecule has 0 saturated carbocycles. The van der Waals surface area contributed by atoms with Crippen LogP contribution >= 0.6 is 0 Å². The van der Waals surface area contributed by atoms with Gasteiger partial charge in [-0.15, -0.1) is 0 Å². The number of hydrogen-bond donors (Lipinski definition) is 1. The molecule has 8 heteroatoms. The van der Waals surface area contributed by atoms with Crippen molar-refractivity contribution in [1.29, 1.82) is 0 Å². The van der Waals surface area contributed by atoms with E-state index < -0.39 is 0 Å². The van der Waals surface area contributed by atoms with Crippen molar-refractivity contribution in [3.05, 3.63) is 66.1 Å². The van der Waals surface area contributed by atoms with Crippen molar-refractivity contribution in [3.63, 3.8) is 0 Å². The summed E-state index contributed by atoms with van der Waals surface area (Å²) in [6.45, 7) is 3.69. The number of nitrogens with one attached hydrogen (secondary N) is 1. The molecule has 0 fully saturated rings. The van der Waals surface area contributed by atoms with Gasteiger partial charge in [0.25, 0.3) is 0 Å². The number of imidazole rings is 1. The van der Waals surface area contributed by atoms with E-state index in [0.717, 1.165) is 64.2 Å². The first-order valence-corrected chi connectivity index (χ1v) is 13.1. The van der Waals surface area contributed by atoms with E-state index in [9.17, 15) is 4.79 Å². The second-order valence-corrected chi connectivity index (χ2v) is 10.2. The first kappa shape index (κ1) is 22.4. The molecule has 174 valence electrons. The summed E-state index contributed by atoms with van der Waals surface area (Å²) in [6.07, 6.45) is 5.05. The summed E-state index contributed by atoms with van der Waals surface area (Å²) >= 11 is 0.0298. The van der Waals surface area contributed by atoms with Gasteiger partial charge in [0.05, 0.1) is 0 Å². The summed E-state index contributed by atoms with van der Waals surface area (Å²) in [6, 6.07) is 15.7. The maximum atomic E-state index is 12.1. The molecule has 2 aromatic carbocycles. The summed E-state index contributed by atoms with van der Waals surface area (Å²) in [5.74, 6) is 1.46. The Kier molecular flexibility index (Phi) is 6.52. The van der Waals surface area contributed by atoms with Gasteiger partial charge in [-0.05, 0) is 0 Å². The molecule has 0 spiro atoms. The van der Waals surface area contributed by atoms with Crippen LogP contribution in [0, 0.1) is 0 Å². The molecular formula is C26H26N4O3Se. The molecule has 0 aliphatic heterocycles. The Balaban J connectivity index is 1.57. The van der Waals surface area contributed by atoms with Crippen molar-refractivity contribution in [1.82, 2.24) is 14.5 Å². The van der Waals surface area contributed by atoms with E-state index in [1.807, 2.05) is 36.4 Å². The number of hydrogen-bond acceptors (Lipinski definition) is 6. The minimum atomic E-state index is -0.353. The van der Waals surface area contributed by atoms with Gasteiger partial charge >= 0.3 is 204 Å². The molecule has 0 radical (unpaired) electrons. The van der Waals surface area contributed by atoms with Crippen LogP contribution in [0.25, 0.3) is 32.2 Å². The van der Waals surface area contributed by atoms with Crippen LogP contribution in [0.4, 0.5) is 4.69 Å². The third kappa shape index (κ3) is 4.39. The van der Waals surface area contributed by atoms with Crippen molar-refractivity contribution in [3.8, 4) is 11.4 Å². The number of benzene rings is 2. The van der Waals surface area contributed by atoms with Crippen LogP contribution < -0.4 is 5.32 Å². The standard InChI is InChI=1S/C26H26N4O3Se/c1-3-4-5-13-30-22-12-11-17(25(31)32-2)15-21(22)28-24(30)19-9-6-10-20-23(19)34-26(29-20)27-16-18-8-7-14-33-18/h6-12,14-15H,3-5,13,16H2,1-2H3,(H,27,29). The van der Waals surface area contributed by atoms with Gasteiger partial charge in [-0.25, -0.2) is 0 Å². The zero-order valence-electron chi connectivity index (χ0n) is 19.2. The number of ether oxygens (including phenoxy) is 1. The van der Waals surface area contributed by atoms with Gasteiger partial charge in [-0.1, -0.05) is 0 Å². The Morgan fingerprint density at radius 1 is 1.12 bits per heavy atom. The van der Waals surface area contributed by atoms with Gasteiger partial charge in [-0.3, -0.25) is 0 Å². The summed E-state index contributed by atoms with van der Waals surface area (Å²) < 4.78 is 14.8. The number of carbonyl (C=O) groups excluding carboxylic acids is 1. The molecule has 0 unspecified atom stereocenters. The molecular weight excluding hydrogens is 495 g/mol. The van der Waals surface area contributed by atoms with Crippen LogP contribution in [0.1, 0.15) is 42.3 Å². The zero-order chi connectivity index (χ0) is 23.5. The second-order valence-electron chi connectivity index (χ2n) is 8.09. The molecule has 0 bridgehead atoms. The number of rotatable bonds is 9.